The van der Waals surface area contributed by atoms with E-state index in [2.05, 4.69) is 30.4 Å². The first kappa shape index (κ1) is 14.3. The lowest BCUT2D eigenvalue weighted by Crippen LogP contribution is -2.40. The fourth-order valence-electron chi connectivity index (χ4n) is 4.92. The van der Waals surface area contributed by atoms with Crippen molar-refractivity contribution < 1.29 is 0 Å². The van der Waals surface area contributed by atoms with Gasteiger partial charge in [0.2, 0.25) is 0 Å². The van der Waals surface area contributed by atoms with E-state index in [9.17, 15) is 21.0 Å². The minimum atomic E-state index is -1.66. The van der Waals surface area contributed by atoms with Crippen molar-refractivity contribution in [2.45, 2.75) is 0 Å². The first-order chi connectivity index (χ1) is 11.7. The highest BCUT2D eigenvalue weighted by atomic mass is 14.7. The zero-order valence-electron chi connectivity index (χ0n) is 12.7. The van der Waals surface area contributed by atoms with Crippen molar-refractivity contribution in [1.82, 2.24) is 0 Å². The van der Waals surface area contributed by atoms with Crippen LogP contribution in [0.5, 0.6) is 0 Å². The highest BCUT2D eigenvalue weighted by Gasteiger charge is 2.75. The molecule has 0 spiro atoms. The van der Waals surface area contributed by atoms with Gasteiger partial charge in [0.25, 0.3) is 0 Å². The van der Waals surface area contributed by atoms with Gasteiger partial charge in [-0.2, -0.15) is 21.0 Å². The molecule has 0 N–H and O–H groups in total. The zero-order valence-corrected chi connectivity index (χ0v) is 12.7. The fraction of sp³-hybridized carbons (Fsp3) is 0.300. The Morgan fingerprint density at radius 2 is 1.42 bits per heavy atom. The summed E-state index contributed by atoms with van der Waals surface area (Å²) in [6, 6.07) is 17.9. The summed E-state index contributed by atoms with van der Waals surface area (Å²) in [5.74, 6) is -0.822. The Kier molecular flexibility index (Phi) is 2.72. The third kappa shape index (κ3) is 1.31. The number of rotatable bonds is 1. The highest BCUT2D eigenvalue weighted by molar-refractivity contribution is 5.75. The second kappa shape index (κ2) is 4.58. The molecule has 0 aliphatic heterocycles. The molecule has 4 nitrogen and oxygen atoms in total. The van der Waals surface area contributed by atoms with Crippen LogP contribution in [0.15, 0.2) is 48.6 Å². The van der Waals surface area contributed by atoms with Gasteiger partial charge in [0.1, 0.15) is 0 Å². The van der Waals surface area contributed by atoms with Crippen LogP contribution >= 0.6 is 0 Å². The Labute approximate surface area is 140 Å². The van der Waals surface area contributed by atoms with Gasteiger partial charge in [-0.1, -0.05) is 48.6 Å². The number of nitrogens with zero attached hydrogens (tertiary/aromatic N) is 4. The van der Waals surface area contributed by atoms with E-state index < -0.39 is 16.7 Å². The van der Waals surface area contributed by atoms with Gasteiger partial charge in [0.05, 0.1) is 24.3 Å². The summed E-state index contributed by atoms with van der Waals surface area (Å²) in [6.07, 6.45) is 5.98. The van der Waals surface area contributed by atoms with Crippen LogP contribution in [0.2, 0.25) is 0 Å². The molecule has 4 rings (SSSR count). The molecule has 24 heavy (non-hydrogen) atoms. The van der Waals surface area contributed by atoms with Crippen molar-refractivity contribution in [3.63, 3.8) is 0 Å². The average molecular weight is 308 g/mol. The molecule has 3 aliphatic rings. The summed E-state index contributed by atoms with van der Waals surface area (Å²) >= 11 is 0. The molecule has 0 radical (unpaired) electrons. The minimum Gasteiger partial charge on any atom is -0.196 e. The Morgan fingerprint density at radius 3 is 2.00 bits per heavy atom. The normalized spacial score (nSPS) is 32.8. The molecule has 1 aromatic rings. The van der Waals surface area contributed by atoms with Gasteiger partial charge in [-0.15, -0.1) is 0 Å². The lowest BCUT2D eigenvalue weighted by atomic mass is 9.61. The van der Waals surface area contributed by atoms with Gasteiger partial charge in [-0.05, 0) is 23.0 Å². The van der Waals surface area contributed by atoms with Crippen LogP contribution in [0.4, 0.5) is 0 Å². The quantitative estimate of drug-likeness (QED) is 0.744. The number of hydrogen-bond acceptors (Lipinski definition) is 4. The molecule has 0 aromatic heterocycles. The molecular formula is C20H12N4. The molecule has 0 heterocycles. The second-order valence-electron chi connectivity index (χ2n) is 6.59. The zero-order chi connectivity index (χ0) is 16.9. The van der Waals surface area contributed by atoms with Crippen molar-refractivity contribution in [3.05, 3.63) is 54.1 Å². The standard InChI is InChI=1S/C20H12N4/c21-9-19(10-22)16-7-6-14-8-15(13-4-2-1-3-5-13)18(17(14)16)20(19,11-23)12-24/h1-8,14,16-18H/t14-,16-,17-,18+/m1/s1. The molecule has 0 saturated heterocycles. The Morgan fingerprint density at radius 1 is 0.792 bits per heavy atom. The number of hydrogen-bond donors (Lipinski definition) is 0. The Hall–Kier alpha value is -3.34. The summed E-state index contributed by atoms with van der Waals surface area (Å²) in [4.78, 5) is 0. The molecule has 4 atom stereocenters. The Bertz CT molecular complexity index is 915. The molecule has 1 saturated carbocycles. The topological polar surface area (TPSA) is 95.2 Å². The predicted molar refractivity (Wildman–Crippen MR) is 84.8 cm³/mol. The van der Waals surface area contributed by atoms with E-state index in [0.717, 1.165) is 11.1 Å². The summed E-state index contributed by atoms with van der Waals surface area (Å²) in [5, 5.41) is 39.5. The maximum atomic E-state index is 9.93. The van der Waals surface area contributed by atoms with Crippen molar-refractivity contribution in [3.8, 4) is 24.3 Å². The van der Waals surface area contributed by atoms with Crippen LogP contribution in [-0.2, 0) is 0 Å². The van der Waals surface area contributed by atoms with Gasteiger partial charge in [-0.25, -0.2) is 0 Å². The van der Waals surface area contributed by atoms with Crippen molar-refractivity contribution in [1.29, 1.82) is 21.0 Å². The molecule has 0 bridgehead atoms. The van der Waals surface area contributed by atoms with Gasteiger partial charge >= 0.3 is 0 Å². The first-order valence-corrected chi connectivity index (χ1v) is 7.79. The van der Waals surface area contributed by atoms with Crippen molar-refractivity contribution >= 4 is 5.57 Å². The molecule has 1 aromatic carbocycles. The van der Waals surface area contributed by atoms with Crippen molar-refractivity contribution in [2.24, 2.45) is 34.5 Å². The van der Waals surface area contributed by atoms with Crippen LogP contribution in [0.3, 0.4) is 0 Å². The average Bonchev–Trinajstić information content (AvgIpc) is 3.27. The summed E-state index contributed by atoms with van der Waals surface area (Å²) in [6.45, 7) is 0. The predicted octanol–water partition coefficient (Wildman–Crippen LogP) is 3.20. The molecular weight excluding hydrogens is 296 g/mol. The van der Waals surface area contributed by atoms with E-state index in [-0.39, 0.29) is 17.8 Å². The Balaban J connectivity index is 2.01. The van der Waals surface area contributed by atoms with Crippen molar-refractivity contribution in [2.75, 3.05) is 0 Å². The number of benzene rings is 1. The maximum absolute atomic E-state index is 9.93. The van der Waals surface area contributed by atoms with E-state index in [1.165, 1.54) is 0 Å². The molecule has 112 valence electrons. The van der Waals surface area contributed by atoms with E-state index >= 15 is 0 Å². The lowest BCUT2D eigenvalue weighted by Gasteiger charge is -2.30. The third-order valence-electron chi connectivity index (χ3n) is 5.89. The van der Waals surface area contributed by atoms with Gasteiger partial charge in [-0.3, -0.25) is 0 Å². The lowest BCUT2D eigenvalue weighted by molar-refractivity contribution is 0.294. The van der Waals surface area contributed by atoms with Crippen LogP contribution in [-0.4, -0.2) is 0 Å². The minimum absolute atomic E-state index is 0.0693. The van der Waals surface area contributed by atoms with Crippen LogP contribution < -0.4 is 0 Å². The van der Waals surface area contributed by atoms with E-state index in [0.29, 0.717) is 0 Å². The van der Waals surface area contributed by atoms with E-state index in [1.54, 1.807) is 0 Å². The summed E-state index contributed by atoms with van der Waals surface area (Å²) < 4.78 is 0. The van der Waals surface area contributed by atoms with E-state index in [1.807, 2.05) is 42.5 Å². The molecule has 0 amide bonds. The molecule has 1 fully saturated rings. The largest absolute Gasteiger partial charge is 0.196 e. The van der Waals surface area contributed by atoms with Crippen LogP contribution in [0.25, 0.3) is 5.57 Å². The maximum Gasteiger partial charge on any atom is 0.183 e. The number of nitriles is 4. The molecule has 0 unspecified atom stereocenters. The SMILES string of the molecule is N#CC1(C#N)[C@@H]2C=C[C@@H]3C=C(c4ccccc4)[C@@H]([C@H]32)C1(C#N)C#N. The summed E-state index contributed by atoms with van der Waals surface area (Å²) in [5.41, 5.74) is -1.43. The van der Waals surface area contributed by atoms with Crippen LogP contribution in [0.1, 0.15) is 5.56 Å². The number of allylic oxidation sites excluding steroid dienone is 4. The van der Waals surface area contributed by atoms with Gasteiger partial charge in [0.15, 0.2) is 10.8 Å². The highest BCUT2D eigenvalue weighted by Crippen LogP contribution is 2.71. The molecule has 3 aliphatic carbocycles. The summed E-state index contributed by atoms with van der Waals surface area (Å²) in [7, 11) is 0. The van der Waals surface area contributed by atoms with Gasteiger partial charge < -0.3 is 0 Å². The first-order valence-electron chi connectivity index (χ1n) is 7.79. The smallest absolute Gasteiger partial charge is 0.183 e. The second-order valence-corrected chi connectivity index (χ2v) is 6.59. The fourth-order valence-corrected chi connectivity index (χ4v) is 4.92. The monoisotopic (exact) mass is 308 g/mol. The van der Waals surface area contributed by atoms with Gasteiger partial charge in [0, 0.05) is 11.8 Å². The third-order valence-corrected chi connectivity index (χ3v) is 5.89. The van der Waals surface area contributed by atoms with E-state index in [4.69, 9.17) is 0 Å². The molecule has 4 heteroatoms. The van der Waals surface area contributed by atoms with Crippen LogP contribution in [0, 0.1) is 79.8 Å².